The zero-order valence-corrected chi connectivity index (χ0v) is 10.7. The number of rotatable bonds is 4. The van der Waals surface area contributed by atoms with Crippen molar-refractivity contribution in [3.63, 3.8) is 0 Å². The number of benzene rings is 1. The van der Waals surface area contributed by atoms with E-state index < -0.39 is 10.0 Å². The van der Waals surface area contributed by atoms with Gasteiger partial charge in [-0.25, -0.2) is 13.1 Å². The van der Waals surface area contributed by atoms with E-state index in [2.05, 4.69) is 4.72 Å². The van der Waals surface area contributed by atoms with Crippen LogP contribution in [0.3, 0.4) is 0 Å². The first-order chi connectivity index (χ1) is 8.11. The van der Waals surface area contributed by atoms with Crippen molar-refractivity contribution in [2.45, 2.75) is 25.8 Å². The third-order valence-corrected chi connectivity index (χ3v) is 4.34. The first-order valence-corrected chi connectivity index (χ1v) is 7.46. The van der Waals surface area contributed by atoms with E-state index >= 15 is 0 Å². The van der Waals surface area contributed by atoms with Crippen molar-refractivity contribution >= 4 is 10.0 Å². The Hall–Kier alpha value is -1.07. The van der Waals surface area contributed by atoms with Crippen LogP contribution in [-0.4, -0.2) is 26.8 Å². The summed E-state index contributed by atoms with van der Waals surface area (Å²) < 4.78 is 31.5. The van der Waals surface area contributed by atoms with Crippen LogP contribution < -0.4 is 9.46 Å². The number of fused-ring (bicyclic) bond motifs is 1. The molecule has 0 aromatic heterocycles. The van der Waals surface area contributed by atoms with E-state index in [9.17, 15) is 8.42 Å². The Morgan fingerprint density at radius 1 is 1.41 bits per heavy atom. The van der Waals surface area contributed by atoms with E-state index in [1.54, 1.807) is 0 Å². The summed E-state index contributed by atoms with van der Waals surface area (Å²) in [5, 5.41) is 0. The molecule has 94 valence electrons. The molecule has 1 aliphatic heterocycles. The van der Waals surface area contributed by atoms with Crippen molar-refractivity contribution in [3.05, 3.63) is 29.8 Å². The van der Waals surface area contributed by atoms with Gasteiger partial charge in [0.2, 0.25) is 10.0 Å². The lowest BCUT2D eigenvalue weighted by Gasteiger charge is -2.25. The minimum absolute atomic E-state index is 0.151. The van der Waals surface area contributed by atoms with Crippen LogP contribution in [0.15, 0.2) is 24.3 Å². The Kier molecular flexibility index (Phi) is 3.69. The summed E-state index contributed by atoms with van der Waals surface area (Å²) in [5.41, 5.74) is 1.06. The maximum atomic E-state index is 11.6. The third-order valence-electron chi connectivity index (χ3n) is 2.70. The second-order valence-electron chi connectivity index (χ2n) is 4.26. The van der Waals surface area contributed by atoms with E-state index in [1.807, 2.05) is 31.2 Å². The van der Waals surface area contributed by atoms with Crippen molar-refractivity contribution in [1.29, 1.82) is 0 Å². The van der Waals surface area contributed by atoms with Crippen molar-refractivity contribution in [2.75, 3.05) is 12.4 Å². The summed E-state index contributed by atoms with van der Waals surface area (Å²) in [6.07, 6.45) is 1.32. The molecule has 1 N–H and O–H groups in total. The first kappa shape index (κ1) is 12.4. The van der Waals surface area contributed by atoms with Crippen LogP contribution in [0.4, 0.5) is 0 Å². The average molecular weight is 255 g/mol. The van der Waals surface area contributed by atoms with Gasteiger partial charge in [-0.2, -0.15) is 0 Å². The van der Waals surface area contributed by atoms with Gasteiger partial charge < -0.3 is 4.74 Å². The van der Waals surface area contributed by atoms with Gasteiger partial charge in [0.15, 0.2) is 0 Å². The van der Waals surface area contributed by atoms with Crippen LogP contribution in [0, 0.1) is 0 Å². The van der Waals surface area contributed by atoms with Crippen molar-refractivity contribution in [2.24, 2.45) is 0 Å². The van der Waals surface area contributed by atoms with Crippen LogP contribution in [0.2, 0.25) is 0 Å². The quantitative estimate of drug-likeness (QED) is 0.883. The van der Waals surface area contributed by atoms with Gasteiger partial charge in [-0.05, 0) is 24.5 Å². The molecule has 1 unspecified atom stereocenters. The molecule has 4 nitrogen and oxygen atoms in total. The Bertz CT molecular complexity index is 484. The number of hydrogen-bond acceptors (Lipinski definition) is 3. The van der Waals surface area contributed by atoms with Gasteiger partial charge in [0.05, 0.1) is 11.8 Å². The number of nitrogens with one attached hydrogen (secondary N) is 1. The molecular formula is C12H17NO3S. The molecule has 1 aromatic carbocycles. The number of ether oxygens (including phenoxy) is 1. The summed E-state index contributed by atoms with van der Waals surface area (Å²) in [6, 6.07) is 7.58. The number of hydrogen-bond donors (Lipinski definition) is 1. The van der Waals surface area contributed by atoms with Gasteiger partial charge in [-0.1, -0.05) is 25.1 Å². The molecule has 0 radical (unpaired) electrons. The average Bonchev–Trinajstić information content (AvgIpc) is 2.28. The standard InChI is InChI=1S/C12H17NO3S/c1-2-7-17(14,15)13-11-8-10-5-3-4-6-12(10)16-9-11/h3-6,11,13H,2,7-9H2,1H3. The summed E-state index contributed by atoms with van der Waals surface area (Å²) in [5.74, 6) is 1.03. The highest BCUT2D eigenvalue weighted by Gasteiger charge is 2.23. The van der Waals surface area contributed by atoms with E-state index in [0.29, 0.717) is 19.4 Å². The molecule has 2 rings (SSSR count). The zero-order chi connectivity index (χ0) is 12.3. The van der Waals surface area contributed by atoms with E-state index in [0.717, 1.165) is 11.3 Å². The molecular weight excluding hydrogens is 238 g/mol. The molecule has 0 aliphatic carbocycles. The van der Waals surface area contributed by atoms with Crippen LogP contribution in [0.1, 0.15) is 18.9 Å². The van der Waals surface area contributed by atoms with E-state index in [1.165, 1.54) is 0 Å². The topological polar surface area (TPSA) is 55.4 Å². The maximum absolute atomic E-state index is 11.6. The Balaban J connectivity index is 2.04. The van der Waals surface area contributed by atoms with Gasteiger partial charge in [-0.3, -0.25) is 0 Å². The van der Waals surface area contributed by atoms with Gasteiger partial charge in [-0.15, -0.1) is 0 Å². The fourth-order valence-corrected chi connectivity index (χ4v) is 3.30. The highest BCUT2D eigenvalue weighted by molar-refractivity contribution is 7.89. The summed E-state index contributed by atoms with van der Waals surface area (Å²) in [6.45, 7) is 2.26. The van der Waals surface area contributed by atoms with E-state index in [-0.39, 0.29) is 11.8 Å². The highest BCUT2D eigenvalue weighted by Crippen LogP contribution is 2.24. The lowest BCUT2D eigenvalue weighted by atomic mass is 10.0. The summed E-state index contributed by atoms with van der Waals surface area (Å²) >= 11 is 0. The minimum atomic E-state index is -3.16. The smallest absolute Gasteiger partial charge is 0.211 e. The summed E-state index contributed by atoms with van der Waals surface area (Å²) in [7, 11) is -3.16. The predicted molar refractivity (Wildman–Crippen MR) is 66.6 cm³/mol. The molecule has 1 aliphatic rings. The highest BCUT2D eigenvalue weighted by atomic mass is 32.2. The van der Waals surface area contributed by atoms with Crippen molar-refractivity contribution < 1.29 is 13.2 Å². The van der Waals surface area contributed by atoms with Gasteiger partial charge in [0.25, 0.3) is 0 Å². The number of para-hydroxylation sites is 1. The molecule has 0 bridgehead atoms. The molecule has 0 fully saturated rings. The van der Waals surface area contributed by atoms with Gasteiger partial charge in [0.1, 0.15) is 12.4 Å². The number of sulfonamides is 1. The normalized spacial score (nSPS) is 19.5. The predicted octanol–water partition coefficient (Wildman–Crippen LogP) is 1.32. The fraction of sp³-hybridized carbons (Fsp3) is 0.500. The van der Waals surface area contributed by atoms with Crippen molar-refractivity contribution in [1.82, 2.24) is 4.72 Å². The third kappa shape index (κ3) is 3.20. The second-order valence-corrected chi connectivity index (χ2v) is 6.13. The zero-order valence-electron chi connectivity index (χ0n) is 9.85. The minimum Gasteiger partial charge on any atom is -0.492 e. The monoisotopic (exact) mass is 255 g/mol. The van der Waals surface area contributed by atoms with Crippen LogP contribution in [-0.2, 0) is 16.4 Å². The Labute approximate surface area is 102 Å². The van der Waals surface area contributed by atoms with Crippen molar-refractivity contribution in [3.8, 4) is 5.75 Å². The molecule has 0 saturated carbocycles. The molecule has 17 heavy (non-hydrogen) atoms. The molecule has 5 heteroatoms. The van der Waals surface area contributed by atoms with E-state index in [4.69, 9.17) is 4.74 Å². The van der Waals surface area contributed by atoms with Crippen LogP contribution >= 0.6 is 0 Å². The Morgan fingerprint density at radius 2 is 2.18 bits per heavy atom. The molecule has 1 heterocycles. The molecule has 1 aromatic rings. The molecule has 0 saturated heterocycles. The van der Waals surface area contributed by atoms with Crippen LogP contribution in [0.5, 0.6) is 5.75 Å². The summed E-state index contributed by atoms with van der Waals surface area (Å²) in [4.78, 5) is 0. The molecule has 0 amide bonds. The largest absolute Gasteiger partial charge is 0.492 e. The first-order valence-electron chi connectivity index (χ1n) is 5.81. The second kappa shape index (κ2) is 5.06. The lowest BCUT2D eigenvalue weighted by molar-refractivity contribution is 0.254. The maximum Gasteiger partial charge on any atom is 0.211 e. The van der Waals surface area contributed by atoms with Gasteiger partial charge >= 0.3 is 0 Å². The lowest BCUT2D eigenvalue weighted by Crippen LogP contribution is -2.43. The SMILES string of the molecule is CCCS(=O)(=O)NC1COc2ccccc2C1. The Morgan fingerprint density at radius 3 is 2.94 bits per heavy atom. The van der Waals surface area contributed by atoms with Gasteiger partial charge in [0, 0.05) is 0 Å². The molecule has 1 atom stereocenters. The fourth-order valence-electron chi connectivity index (χ4n) is 1.99. The molecule has 0 spiro atoms. The van der Waals surface area contributed by atoms with Crippen LogP contribution in [0.25, 0.3) is 0 Å².